The first-order chi connectivity index (χ1) is 12.5. The van der Waals surface area contributed by atoms with E-state index in [9.17, 15) is 14.4 Å². The van der Waals surface area contributed by atoms with Crippen LogP contribution in [-0.4, -0.2) is 21.6 Å². The van der Waals surface area contributed by atoms with E-state index in [1.807, 2.05) is 6.07 Å². The van der Waals surface area contributed by atoms with E-state index in [4.69, 9.17) is 9.52 Å². The summed E-state index contributed by atoms with van der Waals surface area (Å²) >= 11 is 0. The Morgan fingerprint density at radius 3 is 2.73 bits per heavy atom. The summed E-state index contributed by atoms with van der Waals surface area (Å²) < 4.78 is 6.63. The molecule has 1 aromatic heterocycles. The highest BCUT2D eigenvalue weighted by atomic mass is 16.4. The van der Waals surface area contributed by atoms with Crippen LogP contribution >= 0.6 is 0 Å². The van der Waals surface area contributed by atoms with Crippen molar-refractivity contribution < 1.29 is 19.1 Å². The summed E-state index contributed by atoms with van der Waals surface area (Å²) in [4.78, 5) is 34.7. The van der Waals surface area contributed by atoms with Gasteiger partial charge in [0.2, 0.25) is 5.91 Å². The number of hydrogen-bond donors (Lipinski definition) is 3. The molecule has 0 aliphatic rings. The number of aromatic carboxylic acids is 1. The Balaban J connectivity index is 1.51. The highest BCUT2D eigenvalue weighted by Crippen LogP contribution is 2.12. The van der Waals surface area contributed by atoms with Gasteiger partial charge in [0.05, 0.1) is 16.8 Å². The molecule has 1 heterocycles. The van der Waals surface area contributed by atoms with Crippen LogP contribution in [0.1, 0.15) is 23.2 Å². The molecule has 3 rings (SSSR count). The first kappa shape index (κ1) is 17.3. The van der Waals surface area contributed by atoms with Crippen LogP contribution in [0.4, 0.5) is 5.69 Å². The molecule has 8 heteroatoms. The number of amides is 1. The summed E-state index contributed by atoms with van der Waals surface area (Å²) in [5.41, 5.74) is 6.98. The highest BCUT2D eigenvalue weighted by molar-refractivity contribution is 5.89. The summed E-state index contributed by atoms with van der Waals surface area (Å²) in [7, 11) is 0. The number of hydrogen-bond acceptors (Lipinski definition) is 5. The molecule has 0 fully saturated rings. The van der Waals surface area contributed by atoms with Crippen molar-refractivity contribution in [3.63, 3.8) is 0 Å². The largest absolute Gasteiger partial charge is 0.478 e. The number of aromatic nitrogens is 1. The molecule has 3 aromatic rings. The second-order valence-electron chi connectivity index (χ2n) is 5.65. The quantitative estimate of drug-likeness (QED) is 0.560. The number of para-hydroxylation sites is 2. The molecule has 0 saturated carbocycles. The van der Waals surface area contributed by atoms with Crippen LogP contribution in [0.5, 0.6) is 0 Å². The number of benzene rings is 2. The van der Waals surface area contributed by atoms with Gasteiger partial charge in [-0.3, -0.25) is 20.2 Å². The summed E-state index contributed by atoms with van der Waals surface area (Å²) in [6.07, 6.45) is 0.643. The van der Waals surface area contributed by atoms with Gasteiger partial charge in [0, 0.05) is 13.0 Å². The molecule has 0 spiro atoms. The average molecular weight is 355 g/mol. The van der Waals surface area contributed by atoms with Gasteiger partial charge in [0.25, 0.3) is 0 Å². The maximum absolute atomic E-state index is 11.9. The van der Waals surface area contributed by atoms with Crippen LogP contribution in [0.25, 0.3) is 11.1 Å². The van der Waals surface area contributed by atoms with Gasteiger partial charge >= 0.3 is 11.7 Å². The number of nitrogens with zero attached hydrogens (tertiary/aromatic N) is 1. The summed E-state index contributed by atoms with van der Waals surface area (Å²) in [5.74, 6) is -1.76. The molecule has 0 unspecified atom stereocenters. The fraction of sp³-hybridized carbons (Fsp3) is 0.167. The minimum absolute atomic E-state index is 0.121. The third-order valence-electron chi connectivity index (χ3n) is 3.82. The number of hydrazine groups is 1. The Morgan fingerprint density at radius 2 is 1.92 bits per heavy atom. The van der Waals surface area contributed by atoms with Crippen molar-refractivity contribution in [1.29, 1.82) is 0 Å². The second kappa shape index (κ2) is 7.56. The smallest absolute Gasteiger partial charge is 0.419 e. The third-order valence-corrected chi connectivity index (χ3v) is 3.82. The average Bonchev–Trinajstić information content (AvgIpc) is 2.96. The molecule has 8 nitrogen and oxygen atoms in total. The van der Waals surface area contributed by atoms with Crippen molar-refractivity contribution in [1.82, 2.24) is 9.99 Å². The zero-order chi connectivity index (χ0) is 18.5. The van der Waals surface area contributed by atoms with Gasteiger partial charge in [0.1, 0.15) is 0 Å². The topological polar surface area (TPSA) is 114 Å². The zero-order valence-corrected chi connectivity index (χ0v) is 13.8. The minimum atomic E-state index is -1.04. The van der Waals surface area contributed by atoms with E-state index in [1.165, 1.54) is 16.7 Å². The van der Waals surface area contributed by atoms with Crippen molar-refractivity contribution in [3.8, 4) is 0 Å². The predicted molar refractivity (Wildman–Crippen MR) is 94.9 cm³/mol. The van der Waals surface area contributed by atoms with E-state index < -0.39 is 11.7 Å². The number of carboxylic acids is 1. The molecule has 0 saturated heterocycles. The van der Waals surface area contributed by atoms with Gasteiger partial charge < -0.3 is 9.52 Å². The van der Waals surface area contributed by atoms with Gasteiger partial charge in [-0.25, -0.2) is 9.59 Å². The van der Waals surface area contributed by atoms with Gasteiger partial charge in [0.15, 0.2) is 5.58 Å². The Hall–Kier alpha value is -3.55. The van der Waals surface area contributed by atoms with Gasteiger partial charge in [-0.05, 0) is 36.8 Å². The molecule has 134 valence electrons. The lowest BCUT2D eigenvalue weighted by atomic mass is 10.2. The normalized spacial score (nSPS) is 10.6. The van der Waals surface area contributed by atoms with Gasteiger partial charge in [-0.2, -0.15) is 0 Å². The van der Waals surface area contributed by atoms with E-state index in [-0.39, 0.29) is 17.9 Å². The van der Waals surface area contributed by atoms with Gasteiger partial charge in [-0.15, -0.1) is 0 Å². The van der Waals surface area contributed by atoms with Gasteiger partial charge in [-0.1, -0.05) is 18.2 Å². The van der Waals surface area contributed by atoms with Crippen molar-refractivity contribution in [2.24, 2.45) is 0 Å². The summed E-state index contributed by atoms with van der Waals surface area (Å²) in [5, 5.41) is 8.94. The Labute approximate surface area is 148 Å². The molecule has 0 aliphatic heterocycles. The van der Waals surface area contributed by atoms with Crippen molar-refractivity contribution in [2.75, 3.05) is 5.43 Å². The predicted octanol–water partition coefficient (Wildman–Crippen LogP) is 2.22. The molecule has 0 aliphatic carbocycles. The number of carbonyl (C=O) groups excluding carboxylic acids is 1. The maximum Gasteiger partial charge on any atom is 0.419 e. The second-order valence-corrected chi connectivity index (χ2v) is 5.65. The number of aryl methyl sites for hydroxylation is 1. The zero-order valence-electron chi connectivity index (χ0n) is 13.8. The summed E-state index contributed by atoms with van der Waals surface area (Å²) in [6.45, 7) is 0.359. The van der Waals surface area contributed by atoms with E-state index in [0.717, 1.165) is 0 Å². The lowest BCUT2D eigenvalue weighted by Crippen LogP contribution is -2.29. The SMILES string of the molecule is O=C(CCCn1c(=O)oc2ccccc21)NNc1cccc(C(=O)O)c1. The lowest BCUT2D eigenvalue weighted by Gasteiger charge is -2.09. The van der Waals surface area contributed by atoms with Crippen molar-refractivity contribution in [3.05, 3.63) is 64.6 Å². The molecule has 26 heavy (non-hydrogen) atoms. The number of nitrogens with one attached hydrogen (secondary N) is 2. The van der Waals surface area contributed by atoms with Crippen LogP contribution in [0.15, 0.2) is 57.7 Å². The Bertz CT molecular complexity index is 1010. The van der Waals surface area contributed by atoms with Crippen LogP contribution in [0.2, 0.25) is 0 Å². The Kier molecular flexibility index (Phi) is 5.02. The maximum atomic E-state index is 11.9. The minimum Gasteiger partial charge on any atom is -0.478 e. The van der Waals surface area contributed by atoms with Crippen LogP contribution in [0.3, 0.4) is 0 Å². The number of carboxylic acid groups (broad SMARTS) is 1. The number of carbonyl (C=O) groups is 2. The number of rotatable bonds is 7. The van der Waals surface area contributed by atoms with Crippen LogP contribution in [-0.2, 0) is 11.3 Å². The fourth-order valence-corrected chi connectivity index (χ4v) is 2.56. The van der Waals surface area contributed by atoms with Crippen molar-refractivity contribution >= 4 is 28.7 Å². The third kappa shape index (κ3) is 3.92. The van der Waals surface area contributed by atoms with E-state index >= 15 is 0 Å². The van der Waals surface area contributed by atoms with Crippen molar-refractivity contribution in [2.45, 2.75) is 19.4 Å². The molecule has 0 atom stereocenters. The van der Waals surface area contributed by atoms with E-state index in [0.29, 0.717) is 29.8 Å². The van der Waals surface area contributed by atoms with Crippen LogP contribution < -0.4 is 16.6 Å². The molecule has 0 radical (unpaired) electrons. The molecule has 3 N–H and O–H groups in total. The van der Waals surface area contributed by atoms with E-state index in [1.54, 1.807) is 30.3 Å². The standard InChI is InChI=1S/C18H17N3O5/c22-16(20-19-13-6-3-5-12(11-13)17(23)24)9-4-10-21-14-7-1-2-8-15(14)26-18(21)25/h1-3,5-8,11,19H,4,9-10H2,(H,20,22)(H,23,24). The number of anilines is 1. The molecular formula is C18H17N3O5. The first-order valence-corrected chi connectivity index (χ1v) is 8.01. The van der Waals surface area contributed by atoms with Crippen LogP contribution in [0, 0.1) is 0 Å². The molecule has 1 amide bonds. The Morgan fingerprint density at radius 1 is 1.12 bits per heavy atom. The molecule has 2 aromatic carbocycles. The monoisotopic (exact) mass is 355 g/mol. The number of fused-ring (bicyclic) bond motifs is 1. The molecule has 0 bridgehead atoms. The highest BCUT2D eigenvalue weighted by Gasteiger charge is 2.09. The van der Waals surface area contributed by atoms with E-state index in [2.05, 4.69) is 10.9 Å². The molecular weight excluding hydrogens is 338 g/mol. The fourth-order valence-electron chi connectivity index (χ4n) is 2.56. The summed E-state index contributed by atoms with van der Waals surface area (Å²) in [6, 6.07) is 13.2. The lowest BCUT2D eigenvalue weighted by molar-refractivity contribution is -0.120. The number of oxazole rings is 1. The first-order valence-electron chi connectivity index (χ1n) is 8.01.